The fourth-order valence-corrected chi connectivity index (χ4v) is 1.79. The first-order chi connectivity index (χ1) is 8.08. The zero-order chi connectivity index (χ0) is 12.4. The Kier molecular flexibility index (Phi) is 2.99. The zero-order valence-corrected chi connectivity index (χ0v) is 9.49. The van der Waals surface area contributed by atoms with Gasteiger partial charge in [-0.2, -0.15) is 0 Å². The Morgan fingerprint density at radius 3 is 2.94 bits per heavy atom. The van der Waals surface area contributed by atoms with Crippen LogP contribution in [0.1, 0.15) is 18.4 Å². The van der Waals surface area contributed by atoms with Gasteiger partial charge in [-0.25, -0.2) is 0 Å². The molecule has 1 aliphatic heterocycles. The number of carbonyl (C=O) groups is 2. The summed E-state index contributed by atoms with van der Waals surface area (Å²) in [6, 6.07) is 4.46. The largest absolute Gasteiger partial charge is 0.508 e. The van der Waals surface area contributed by atoms with Crippen molar-refractivity contribution >= 4 is 17.5 Å². The molecule has 0 bridgehead atoms. The van der Waals surface area contributed by atoms with Crippen molar-refractivity contribution < 1.29 is 14.7 Å². The Hall–Kier alpha value is -2.04. The minimum atomic E-state index is -0.468. The minimum absolute atomic E-state index is 0.0993. The topological polar surface area (TPSA) is 78.4 Å². The minimum Gasteiger partial charge on any atom is -0.508 e. The van der Waals surface area contributed by atoms with E-state index in [0.717, 1.165) is 0 Å². The van der Waals surface area contributed by atoms with Gasteiger partial charge in [0.2, 0.25) is 11.8 Å². The predicted molar refractivity (Wildman–Crippen MR) is 62.6 cm³/mol. The molecule has 90 valence electrons. The summed E-state index contributed by atoms with van der Waals surface area (Å²) in [5, 5.41) is 14.8. The van der Waals surface area contributed by atoms with E-state index in [9.17, 15) is 14.7 Å². The van der Waals surface area contributed by atoms with Crippen molar-refractivity contribution in [3.05, 3.63) is 23.8 Å². The Bertz CT molecular complexity index is 471. The van der Waals surface area contributed by atoms with E-state index in [1.807, 2.05) is 0 Å². The lowest BCUT2D eigenvalue weighted by Crippen LogP contribution is -2.37. The van der Waals surface area contributed by atoms with Crippen LogP contribution in [0.2, 0.25) is 0 Å². The summed E-state index contributed by atoms with van der Waals surface area (Å²) in [4.78, 5) is 22.8. The lowest BCUT2D eigenvalue weighted by atomic mass is 10.1. The number of phenols is 1. The Morgan fingerprint density at radius 1 is 1.53 bits per heavy atom. The molecule has 1 aromatic carbocycles. The van der Waals surface area contributed by atoms with E-state index in [-0.39, 0.29) is 17.6 Å². The van der Waals surface area contributed by atoms with E-state index in [0.29, 0.717) is 24.1 Å². The van der Waals surface area contributed by atoms with E-state index >= 15 is 0 Å². The molecule has 1 saturated heterocycles. The lowest BCUT2D eigenvalue weighted by Gasteiger charge is -2.13. The summed E-state index contributed by atoms with van der Waals surface area (Å²) in [5.74, 6) is -0.208. The second kappa shape index (κ2) is 4.45. The van der Waals surface area contributed by atoms with Crippen molar-refractivity contribution in [3.63, 3.8) is 0 Å². The highest BCUT2D eigenvalue weighted by Gasteiger charge is 2.27. The van der Waals surface area contributed by atoms with Crippen LogP contribution < -0.4 is 10.6 Å². The molecular formula is C12H14N2O3. The van der Waals surface area contributed by atoms with Gasteiger partial charge in [-0.3, -0.25) is 9.59 Å². The fraction of sp³-hybridized carbons (Fsp3) is 0.333. The highest BCUT2D eigenvalue weighted by molar-refractivity contribution is 5.99. The van der Waals surface area contributed by atoms with Crippen LogP contribution in [-0.4, -0.2) is 23.0 Å². The second-order valence-electron chi connectivity index (χ2n) is 4.10. The lowest BCUT2D eigenvalue weighted by molar-refractivity contribution is -0.122. The Labute approximate surface area is 98.8 Å². The van der Waals surface area contributed by atoms with Gasteiger partial charge < -0.3 is 15.7 Å². The van der Waals surface area contributed by atoms with Gasteiger partial charge in [0.25, 0.3) is 0 Å². The SMILES string of the molecule is Cc1c(O)cccc1NC(=O)[C@H]1CCC(=O)N1. The number of hydrogen-bond acceptors (Lipinski definition) is 3. The first-order valence-electron chi connectivity index (χ1n) is 5.47. The molecule has 0 saturated carbocycles. The molecule has 5 heteroatoms. The fourth-order valence-electron chi connectivity index (χ4n) is 1.79. The maximum Gasteiger partial charge on any atom is 0.246 e. The van der Waals surface area contributed by atoms with Crippen LogP contribution in [0.4, 0.5) is 5.69 Å². The normalized spacial score (nSPS) is 18.9. The molecular weight excluding hydrogens is 220 g/mol. The van der Waals surface area contributed by atoms with Crippen LogP contribution in [0.25, 0.3) is 0 Å². The molecule has 2 rings (SSSR count). The highest BCUT2D eigenvalue weighted by atomic mass is 16.3. The third-order valence-electron chi connectivity index (χ3n) is 2.87. The third-order valence-corrected chi connectivity index (χ3v) is 2.87. The maximum atomic E-state index is 11.8. The third kappa shape index (κ3) is 2.38. The average molecular weight is 234 g/mol. The van der Waals surface area contributed by atoms with Gasteiger partial charge in [-0.15, -0.1) is 0 Å². The van der Waals surface area contributed by atoms with Crippen molar-refractivity contribution in [2.75, 3.05) is 5.32 Å². The predicted octanol–water partition coefficient (Wildman–Crippen LogP) is 0.918. The standard InChI is InChI=1S/C12H14N2O3/c1-7-8(3-2-4-10(7)15)14-12(17)9-5-6-11(16)13-9/h2-4,9,15H,5-6H2,1H3,(H,13,16)(H,14,17)/t9-/m1/s1. The number of anilines is 1. The molecule has 0 aromatic heterocycles. The van der Waals surface area contributed by atoms with Crippen molar-refractivity contribution in [2.24, 2.45) is 0 Å². The van der Waals surface area contributed by atoms with Gasteiger partial charge in [0, 0.05) is 17.7 Å². The molecule has 3 N–H and O–H groups in total. The molecule has 1 heterocycles. The molecule has 17 heavy (non-hydrogen) atoms. The number of benzene rings is 1. The second-order valence-corrected chi connectivity index (χ2v) is 4.10. The summed E-state index contributed by atoms with van der Waals surface area (Å²) in [6.45, 7) is 1.72. The first-order valence-corrected chi connectivity index (χ1v) is 5.47. The Balaban J connectivity index is 2.08. The molecule has 2 amide bonds. The maximum absolute atomic E-state index is 11.8. The van der Waals surface area contributed by atoms with E-state index in [4.69, 9.17) is 0 Å². The van der Waals surface area contributed by atoms with E-state index in [1.165, 1.54) is 0 Å². The molecule has 0 spiro atoms. The number of aromatic hydroxyl groups is 1. The molecule has 0 aliphatic carbocycles. The van der Waals surface area contributed by atoms with Gasteiger partial charge in [-0.1, -0.05) is 6.07 Å². The molecule has 1 atom stereocenters. The van der Waals surface area contributed by atoms with E-state index in [2.05, 4.69) is 10.6 Å². The average Bonchev–Trinajstić information content (AvgIpc) is 2.72. The summed E-state index contributed by atoms with van der Waals surface area (Å²) >= 11 is 0. The van der Waals surface area contributed by atoms with Crippen LogP contribution in [0, 0.1) is 6.92 Å². The molecule has 1 fully saturated rings. The van der Waals surface area contributed by atoms with Crippen LogP contribution in [-0.2, 0) is 9.59 Å². The van der Waals surface area contributed by atoms with Crippen molar-refractivity contribution in [2.45, 2.75) is 25.8 Å². The van der Waals surface area contributed by atoms with E-state index in [1.54, 1.807) is 25.1 Å². The Morgan fingerprint density at radius 2 is 2.29 bits per heavy atom. The van der Waals surface area contributed by atoms with Crippen LogP contribution in [0.5, 0.6) is 5.75 Å². The summed E-state index contributed by atoms with van der Waals surface area (Å²) < 4.78 is 0. The summed E-state index contributed by atoms with van der Waals surface area (Å²) in [5.41, 5.74) is 1.18. The van der Waals surface area contributed by atoms with Gasteiger partial charge in [0.05, 0.1) is 0 Å². The molecule has 5 nitrogen and oxygen atoms in total. The van der Waals surface area contributed by atoms with Crippen LogP contribution in [0.15, 0.2) is 18.2 Å². The van der Waals surface area contributed by atoms with Gasteiger partial charge >= 0.3 is 0 Å². The number of nitrogens with one attached hydrogen (secondary N) is 2. The quantitative estimate of drug-likeness (QED) is 0.712. The number of phenolic OH excluding ortho intramolecular Hbond substituents is 1. The van der Waals surface area contributed by atoms with Crippen LogP contribution in [0.3, 0.4) is 0 Å². The number of rotatable bonds is 2. The van der Waals surface area contributed by atoms with Gasteiger partial charge in [0.1, 0.15) is 11.8 Å². The summed E-state index contributed by atoms with van der Waals surface area (Å²) in [6.07, 6.45) is 0.902. The van der Waals surface area contributed by atoms with Crippen molar-refractivity contribution in [1.29, 1.82) is 0 Å². The van der Waals surface area contributed by atoms with Crippen molar-refractivity contribution in [1.82, 2.24) is 5.32 Å². The van der Waals surface area contributed by atoms with Gasteiger partial charge in [0.15, 0.2) is 0 Å². The first kappa shape index (κ1) is 11.4. The van der Waals surface area contributed by atoms with Crippen LogP contribution >= 0.6 is 0 Å². The molecule has 0 unspecified atom stereocenters. The molecule has 1 aromatic rings. The van der Waals surface area contributed by atoms with Gasteiger partial charge in [-0.05, 0) is 25.5 Å². The van der Waals surface area contributed by atoms with E-state index < -0.39 is 6.04 Å². The highest BCUT2D eigenvalue weighted by Crippen LogP contribution is 2.24. The number of hydrogen-bond donors (Lipinski definition) is 3. The molecule has 1 aliphatic rings. The number of carbonyl (C=O) groups excluding carboxylic acids is 2. The van der Waals surface area contributed by atoms with Crippen molar-refractivity contribution in [3.8, 4) is 5.75 Å². The number of amides is 2. The smallest absolute Gasteiger partial charge is 0.246 e. The zero-order valence-electron chi connectivity index (χ0n) is 9.49. The summed E-state index contributed by atoms with van der Waals surface area (Å²) in [7, 11) is 0. The monoisotopic (exact) mass is 234 g/mol. The molecule has 0 radical (unpaired) electrons.